The monoisotopic (exact) mass is 822 g/mol. The van der Waals surface area contributed by atoms with E-state index in [9.17, 15) is 19.5 Å². The average Bonchev–Trinajstić information content (AvgIpc) is 3.63. The molecule has 1 N–H and O–H groups in total. The lowest BCUT2D eigenvalue weighted by atomic mass is 9.82. The molecular weight excluding hydrogens is 764 g/mol. The van der Waals surface area contributed by atoms with Crippen LogP contribution in [-0.4, -0.2) is 73.9 Å². The molecule has 0 aliphatic carbocycles. The molecule has 5 aliphatic rings. The lowest BCUT2D eigenvalue weighted by Gasteiger charge is -2.37. The van der Waals surface area contributed by atoms with E-state index in [1.807, 2.05) is 83.5 Å². The molecule has 3 saturated heterocycles. The fourth-order valence-electron chi connectivity index (χ4n) is 10.7. The molecule has 5 heterocycles. The highest BCUT2D eigenvalue weighted by Crippen LogP contribution is 2.61. The van der Waals surface area contributed by atoms with Gasteiger partial charge in [-0.15, -0.1) is 0 Å². The van der Waals surface area contributed by atoms with E-state index in [-0.39, 0.29) is 43.2 Å². The van der Waals surface area contributed by atoms with Crippen LogP contribution >= 0.6 is 0 Å². The Morgan fingerprint density at radius 1 is 0.831 bits per heavy atom. The molecule has 8 rings (SSSR count). The molecule has 3 fully saturated rings. The van der Waals surface area contributed by atoms with Gasteiger partial charge >= 0.3 is 0 Å². The molecule has 0 saturated carbocycles. The molecule has 5 aliphatic heterocycles. The highest BCUT2D eigenvalue weighted by molar-refractivity contribution is 6.72. The van der Waals surface area contributed by atoms with Gasteiger partial charge in [-0.1, -0.05) is 69.0 Å². The van der Waals surface area contributed by atoms with Gasteiger partial charge in [-0.3, -0.25) is 19.2 Å². The maximum absolute atomic E-state index is 16.9. The second-order valence-electron chi connectivity index (χ2n) is 18.0. The van der Waals surface area contributed by atoms with Crippen LogP contribution in [0.2, 0.25) is 18.6 Å². The molecule has 12 heteroatoms. The van der Waals surface area contributed by atoms with Crippen LogP contribution in [0.15, 0.2) is 66.7 Å². The number of ether oxygens (including phenoxy) is 1. The van der Waals surface area contributed by atoms with Gasteiger partial charge in [0, 0.05) is 60.9 Å². The van der Waals surface area contributed by atoms with Gasteiger partial charge < -0.3 is 33.6 Å². The maximum atomic E-state index is 16.9. The second-order valence-corrected chi connectivity index (χ2v) is 21.8. The zero-order chi connectivity index (χ0) is 41.5. The van der Waals surface area contributed by atoms with Crippen molar-refractivity contribution in [2.75, 3.05) is 34.4 Å². The van der Waals surface area contributed by atoms with Crippen molar-refractivity contribution in [3.63, 3.8) is 0 Å². The summed E-state index contributed by atoms with van der Waals surface area (Å²) in [7, 11) is -3.61. The zero-order valence-electron chi connectivity index (χ0n) is 34.8. The fraction of sp³-hybridized carbons (Fsp3) is 0.532. The molecule has 1 spiro atoms. The molecule has 314 valence electrons. The first kappa shape index (κ1) is 41.3. The number of nitrogens with zero attached hydrogens (tertiary/aromatic N) is 4. The van der Waals surface area contributed by atoms with Gasteiger partial charge in [-0.2, -0.15) is 0 Å². The molecule has 3 aromatic rings. The van der Waals surface area contributed by atoms with Gasteiger partial charge in [0.25, 0.3) is 5.91 Å². The summed E-state index contributed by atoms with van der Waals surface area (Å²) >= 11 is 0. The highest BCUT2D eigenvalue weighted by atomic mass is 28.4. The first-order chi connectivity index (χ1) is 28.4. The van der Waals surface area contributed by atoms with Gasteiger partial charge in [0.1, 0.15) is 0 Å². The minimum atomic E-state index is -3.61. The number of carbonyl (C=O) groups excluding carboxylic acids is 4. The third kappa shape index (κ3) is 7.88. The van der Waals surface area contributed by atoms with E-state index >= 15 is 8.90 Å². The number of hydrogen-bond acceptors (Lipinski definition) is 6. The minimum absolute atomic E-state index is 0.0408. The van der Waals surface area contributed by atoms with E-state index in [0.29, 0.717) is 55.8 Å². The van der Waals surface area contributed by atoms with Crippen LogP contribution < -0.4 is 14.7 Å². The van der Waals surface area contributed by atoms with Crippen LogP contribution in [0.5, 0.6) is 0 Å². The lowest BCUT2D eigenvalue weighted by molar-refractivity contribution is -0.151. The Balaban J connectivity index is 1.15. The first-order valence-corrected chi connectivity index (χ1v) is 24.9. The number of aliphatic hydroxyl groups is 1. The second kappa shape index (κ2) is 16.9. The van der Waals surface area contributed by atoms with Gasteiger partial charge in [-0.25, -0.2) is 0 Å². The minimum Gasteiger partial charge on any atom is -0.394 e. The Hall–Kier alpha value is -4.39. The Kier molecular flexibility index (Phi) is 11.9. The van der Waals surface area contributed by atoms with Crippen molar-refractivity contribution in [1.82, 2.24) is 4.90 Å². The highest BCUT2D eigenvalue weighted by Gasteiger charge is 2.67. The third-order valence-electron chi connectivity index (χ3n) is 13.8. The van der Waals surface area contributed by atoms with Gasteiger partial charge in [0.05, 0.1) is 37.4 Å². The predicted octanol–water partition coefficient (Wildman–Crippen LogP) is 7.94. The number of rotatable bonds is 8. The van der Waals surface area contributed by atoms with Crippen LogP contribution in [0.3, 0.4) is 0 Å². The molecule has 0 aromatic heterocycles. The van der Waals surface area contributed by atoms with Crippen LogP contribution in [0.4, 0.5) is 21.2 Å². The van der Waals surface area contributed by atoms with Crippen molar-refractivity contribution in [2.24, 2.45) is 5.92 Å². The Bertz CT molecular complexity index is 2070. The largest absolute Gasteiger partial charge is 0.394 e. The lowest BCUT2D eigenvalue weighted by Crippen LogP contribution is -2.48. The summed E-state index contributed by atoms with van der Waals surface area (Å²) in [4.78, 5) is 63.4. The van der Waals surface area contributed by atoms with E-state index in [1.54, 1.807) is 22.9 Å². The summed E-state index contributed by atoms with van der Waals surface area (Å²) in [5, 5.41) is 10.4. The number of hydrogen-bond donors (Lipinski definition) is 1. The Morgan fingerprint density at radius 3 is 2.08 bits per heavy atom. The number of carbonyl (C=O) groups is 4. The van der Waals surface area contributed by atoms with Crippen LogP contribution in [0.1, 0.15) is 99.8 Å². The molecule has 4 amide bonds. The average molecular weight is 823 g/mol. The van der Waals surface area contributed by atoms with Crippen molar-refractivity contribution >= 4 is 49.1 Å². The summed E-state index contributed by atoms with van der Waals surface area (Å²) in [6.07, 6.45) is 8.26. The number of aliphatic hydroxyl groups excluding tert-OH is 1. The summed E-state index contributed by atoms with van der Waals surface area (Å²) in [6.45, 7) is 6.76. The molecular formula is C47H59FN4O6Si. The van der Waals surface area contributed by atoms with E-state index in [4.69, 9.17) is 4.74 Å². The van der Waals surface area contributed by atoms with Crippen LogP contribution in [-0.2, 0) is 49.0 Å². The number of amides is 4. The molecule has 10 nitrogen and oxygen atoms in total. The molecule has 3 aromatic carbocycles. The van der Waals surface area contributed by atoms with Crippen molar-refractivity contribution in [3.05, 3.63) is 89.0 Å². The third-order valence-corrected chi connectivity index (χ3v) is 16.2. The van der Waals surface area contributed by atoms with Gasteiger partial charge in [0.15, 0.2) is 5.60 Å². The van der Waals surface area contributed by atoms with Crippen molar-refractivity contribution in [1.29, 1.82) is 0 Å². The van der Waals surface area contributed by atoms with Crippen molar-refractivity contribution in [2.45, 2.75) is 133 Å². The number of anilines is 3. The molecule has 0 bridgehead atoms. The molecule has 0 radical (unpaired) electrons. The molecule has 59 heavy (non-hydrogen) atoms. The number of benzene rings is 3. The maximum Gasteiger partial charge on any atom is 0.264 e. The number of fused-ring (bicyclic) bond motifs is 3. The van der Waals surface area contributed by atoms with E-state index < -0.39 is 37.6 Å². The summed E-state index contributed by atoms with van der Waals surface area (Å²) in [5.41, 5.74) is 3.46. The fourth-order valence-corrected chi connectivity index (χ4v) is 13.2. The quantitative estimate of drug-likeness (QED) is 0.183. The molecule has 0 unspecified atom stereocenters. The van der Waals surface area contributed by atoms with Gasteiger partial charge in [0.2, 0.25) is 26.1 Å². The number of halogens is 1. The molecule has 5 atom stereocenters. The Morgan fingerprint density at radius 2 is 1.44 bits per heavy atom. The summed E-state index contributed by atoms with van der Waals surface area (Å²) < 4.78 is 23.9. The predicted molar refractivity (Wildman–Crippen MR) is 229 cm³/mol. The summed E-state index contributed by atoms with van der Waals surface area (Å²) in [5.74, 6) is -1.00. The smallest absolute Gasteiger partial charge is 0.264 e. The SMILES string of the molecule is C[C@@H]1[C@@H]([Si](C)(C)F)[C@H](CC(=O)N2Cc3ccccc3C[C@H]2CO)O[C@@]12C(=O)N(Cc1ccc(N3CCCCCCC3=O)cc1)c1ccc(N3CCCCCCC3=O)cc12. The first-order valence-electron chi connectivity index (χ1n) is 21.9. The van der Waals surface area contributed by atoms with Gasteiger partial charge in [-0.05, 0) is 92.2 Å². The van der Waals surface area contributed by atoms with Crippen LogP contribution in [0.25, 0.3) is 0 Å². The topological polar surface area (TPSA) is 111 Å². The normalized spacial score (nSPS) is 26.7. The Labute approximate surface area is 348 Å². The standard InChI is InChI=1S/C47H59FN4O6Si/c1-32-45(59(2,3)48)41(28-44(56)51-30-35-15-11-10-14-34(35)26-38(51)31-53)58-47(32)39-27-37(50-25-13-7-5-9-17-43(50)55)22-23-40(39)52(46(47)57)29-33-18-20-36(21-19-33)49-24-12-6-4-8-16-42(49)54/h10-11,14-15,18-23,27,32,38,41,45,53H,4-9,12-13,16-17,24-26,28-31H2,1-3H3/t32-,38+,41+,45-,47+/m1/s1. The van der Waals surface area contributed by atoms with Crippen molar-refractivity contribution in [3.8, 4) is 0 Å². The summed E-state index contributed by atoms with van der Waals surface area (Å²) in [6, 6.07) is 21.0. The van der Waals surface area contributed by atoms with Crippen molar-refractivity contribution < 1.29 is 33.1 Å². The van der Waals surface area contributed by atoms with E-state index in [0.717, 1.165) is 73.7 Å². The van der Waals surface area contributed by atoms with Crippen LogP contribution in [0, 0.1) is 5.92 Å². The van der Waals surface area contributed by atoms with E-state index in [1.165, 1.54) is 0 Å². The van der Waals surface area contributed by atoms with E-state index in [2.05, 4.69) is 0 Å². The zero-order valence-corrected chi connectivity index (χ0v) is 35.8.